The van der Waals surface area contributed by atoms with Gasteiger partial charge in [0.2, 0.25) is 0 Å². The third-order valence-electron chi connectivity index (χ3n) is 5.45. The molecule has 2 N–H and O–H groups in total. The Morgan fingerprint density at radius 2 is 1.48 bits per heavy atom. The van der Waals surface area contributed by atoms with E-state index in [-0.39, 0.29) is 24.6 Å². The average Bonchev–Trinajstić information content (AvgIpc) is 2.78. The number of carboxylic acid groups (broad SMARTS) is 2. The molecular formula is C26H27NO6. The number of fused-ring (bicyclic) bond motifs is 1. The Morgan fingerprint density at radius 1 is 0.879 bits per heavy atom. The van der Waals surface area contributed by atoms with Crippen molar-refractivity contribution < 1.29 is 29.3 Å². The number of aliphatic carboxylic acids is 1. The Kier molecular flexibility index (Phi) is 7.33. The van der Waals surface area contributed by atoms with Crippen molar-refractivity contribution in [2.24, 2.45) is 5.92 Å². The minimum Gasteiger partial charge on any atom is -0.480 e. The molecule has 0 fully saturated rings. The Labute approximate surface area is 192 Å². The van der Waals surface area contributed by atoms with Gasteiger partial charge in [-0.2, -0.15) is 0 Å². The molecule has 0 saturated heterocycles. The summed E-state index contributed by atoms with van der Waals surface area (Å²) in [5, 5.41) is 20.7. The first-order valence-electron chi connectivity index (χ1n) is 10.7. The molecule has 1 atom stereocenters. The maximum atomic E-state index is 12.5. The van der Waals surface area contributed by atoms with Crippen molar-refractivity contribution in [3.05, 3.63) is 71.8 Å². The van der Waals surface area contributed by atoms with Crippen molar-refractivity contribution in [2.45, 2.75) is 33.4 Å². The maximum absolute atomic E-state index is 12.5. The fraction of sp³-hybridized carbons (Fsp3) is 0.269. The molecule has 0 bridgehead atoms. The molecule has 0 radical (unpaired) electrons. The van der Waals surface area contributed by atoms with Gasteiger partial charge < -0.3 is 14.9 Å². The molecule has 0 heterocycles. The van der Waals surface area contributed by atoms with Gasteiger partial charge in [0.15, 0.2) is 0 Å². The summed E-state index contributed by atoms with van der Waals surface area (Å²) in [5.41, 5.74) is 2.88. The molecule has 0 saturated carbocycles. The number of aromatic carboxylic acids is 1. The molecule has 3 rings (SSSR count). The lowest BCUT2D eigenvalue weighted by atomic mass is 9.98. The van der Waals surface area contributed by atoms with Gasteiger partial charge in [0.25, 0.3) is 0 Å². The van der Waals surface area contributed by atoms with Gasteiger partial charge in [-0.3, -0.25) is 4.90 Å². The second-order valence-corrected chi connectivity index (χ2v) is 8.13. The fourth-order valence-electron chi connectivity index (χ4n) is 3.84. The number of rotatable bonds is 8. The second kappa shape index (κ2) is 10.2. The average molecular weight is 450 g/mol. The van der Waals surface area contributed by atoms with Gasteiger partial charge >= 0.3 is 18.0 Å². The maximum Gasteiger partial charge on any atom is 0.410 e. The van der Waals surface area contributed by atoms with Gasteiger partial charge in [-0.1, -0.05) is 50.2 Å². The van der Waals surface area contributed by atoms with E-state index in [9.17, 15) is 19.5 Å². The topological polar surface area (TPSA) is 104 Å². The number of hydrogen-bond donors (Lipinski definition) is 2. The number of carbonyl (C=O) groups excluding carboxylic acids is 1. The van der Waals surface area contributed by atoms with Crippen LogP contribution in [0.15, 0.2) is 60.7 Å². The van der Waals surface area contributed by atoms with E-state index in [4.69, 9.17) is 9.84 Å². The van der Waals surface area contributed by atoms with Gasteiger partial charge in [-0.15, -0.1) is 0 Å². The van der Waals surface area contributed by atoms with Gasteiger partial charge in [-0.25, -0.2) is 14.4 Å². The molecule has 0 aliphatic carbocycles. The van der Waals surface area contributed by atoms with Crippen molar-refractivity contribution in [3.8, 4) is 11.1 Å². The van der Waals surface area contributed by atoms with Crippen LogP contribution in [0.25, 0.3) is 21.9 Å². The Hall–Kier alpha value is -3.87. The number of carbonyl (C=O) groups is 3. The largest absolute Gasteiger partial charge is 0.480 e. The first-order chi connectivity index (χ1) is 15.7. The molecule has 1 amide bonds. The molecule has 1 unspecified atom stereocenters. The summed E-state index contributed by atoms with van der Waals surface area (Å²) in [4.78, 5) is 36.7. The smallest absolute Gasteiger partial charge is 0.410 e. The Morgan fingerprint density at radius 3 is 2.06 bits per heavy atom. The highest BCUT2D eigenvalue weighted by Crippen LogP contribution is 2.27. The first-order valence-corrected chi connectivity index (χ1v) is 10.7. The molecule has 0 spiro atoms. The molecule has 3 aromatic carbocycles. The summed E-state index contributed by atoms with van der Waals surface area (Å²) in [6, 6.07) is 17.3. The highest BCUT2D eigenvalue weighted by molar-refractivity contribution is 5.90. The number of carboxylic acids is 2. The second-order valence-electron chi connectivity index (χ2n) is 8.13. The highest BCUT2D eigenvalue weighted by Gasteiger charge is 2.33. The molecular weight excluding hydrogens is 422 g/mol. The lowest BCUT2D eigenvalue weighted by molar-refractivity contribution is -0.144. The van der Waals surface area contributed by atoms with Gasteiger partial charge in [0.05, 0.1) is 12.2 Å². The van der Waals surface area contributed by atoms with Crippen LogP contribution in [0.1, 0.15) is 36.7 Å². The predicted molar refractivity (Wildman–Crippen MR) is 125 cm³/mol. The van der Waals surface area contributed by atoms with E-state index in [2.05, 4.69) is 0 Å². The van der Waals surface area contributed by atoms with Crippen LogP contribution in [0.4, 0.5) is 4.79 Å². The molecule has 3 aromatic rings. The minimum absolute atomic E-state index is 0.113. The zero-order valence-corrected chi connectivity index (χ0v) is 18.8. The normalized spacial score (nSPS) is 11.9. The van der Waals surface area contributed by atoms with Crippen molar-refractivity contribution in [2.75, 3.05) is 6.61 Å². The first kappa shape index (κ1) is 23.8. The minimum atomic E-state index is -1.07. The van der Waals surface area contributed by atoms with E-state index in [0.717, 1.165) is 27.5 Å². The summed E-state index contributed by atoms with van der Waals surface area (Å²) in [6.07, 6.45) is -0.654. The molecule has 172 valence electrons. The third-order valence-corrected chi connectivity index (χ3v) is 5.45. The fourth-order valence-corrected chi connectivity index (χ4v) is 3.84. The molecule has 0 aliphatic rings. The van der Waals surface area contributed by atoms with Gasteiger partial charge in [0, 0.05) is 6.54 Å². The van der Waals surface area contributed by atoms with E-state index < -0.39 is 24.1 Å². The number of hydrogen-bond acceptors (Lipinski definition) is 4. The highest BCUT2D eigenvalue weighted by atomic mass is 16.6. The van der Waals surface area contributed by atoms with Crippen LogP contribution in [0.2, 0.25) is 0 Å². The summed E-state index contributed by atoms with van der Waals surface area (Å²) in [6.45, 7) is 5.48. The predicted octanol–water partition coefficient (Wildman–Crippen LogP) is 5.27. The number of amides is 1. The zero-order valence-electron chi connectivity index (χ0n) is 18.8. The van der Waals surface area contributed by atoms with Crippen LogP contribution in [0.5, 0.6) is 0 Å². The van der Waals surface area contributed by atoms with Crippen molar-refractivity contribution in [1.29, 1.82) is 0 Å². The van der Waals surface area contributed by atoms with Crippen molar-refractivity contribution in [1.82, 2.24) is 4.90 Å². The van der Waals surface area contributed by atoms with E-state index in [0.29, 0.717) is 0 Å². The Bertz CT molecular complexity index is 1170. The van der Waals surface area contributed by atoms with Crippen molar-refractivity contribution in [3.63, 3.8) is 0 Å². The van der Waals surface area contributed by atoms with Crippen LogP contribution in [-0.2, 0) is 16.1 Å². The zero-order chi connectivity index (χ0) is 24.1. The summed E-state index contributed by atoms with van der Waals surface area (Å²) < 4.78 is 5.12. The van der Waals surface area contributed by atoms with Gasteiger partial charge in [-0.05, 0) is 64.6 Å². The summed E-state index contributed by atoms with van der Waals surface area (Å²) in [5.74, 6) is -2.33. The van der Waals surface area contributed by atoms with Crippen LogP contribution in [0, 0.1) is 5.92 Å². The van der Waals surface area contributed by atoms with E-state index in [1.54, 1.807) is 45.0 Å². The number of ether oxygens (including phenoxy) is 1. The molecule has 0 aromatic heterocycles. The molecule has 0 aliphatic heterocycles. The van der Waals surface area contributed by atoms with E-state index in [1.807, 2.05) is 36.4 Å². The van der Waals surface area contributed by atoms with E-state index >= 15 is 0 Å². The van der Waals surface area contributed by atoms with Crippen LogP contribution in [0.3, 0.4) is 0 Å². The summed E-state index contributed by atoms with van der Waals surface area (Å²) in [7, 11) is 0. The standard InChI is InChI=1S/C26H27NO6/c1-4-33-26(32)27(23(16(2)3)25(30)31)15-17-5-6-22-14-21(12-11-20(22)13-17)18-7-9-19(10-8-18)24(28)29/h5-14,16,23H,4,15H2,1-3H3,(H,28,29)(H,30,31). The van der Waals surface area contributed by atoms with Crippen LogP contribution in [-0.4, -0.2) is 45.8 Å². The van der Waals surface area contributed by atoms with Gasteiger partial charge in [0.1, 0.15) is 6.04 Å². The number of nitrogens with zero attached hydrogens (tertiary/aromatic N) is 1. The lowest BCUT2D eigenvalue weighted by Crippen LogP contribution is -2.47. The Balaban J connectivity index is 1.90. The quantitative estimate of drug-likeness (QED) is 0.485. The number of benzene rings is 3. The molecule has 7 heteroatoms. The summed E-state index contributed by atoms with van der Waals surface area (Å²) >= 11 is 0. The lowest BCUT2D eigenvalue weighted by Gasteiger charge is -2.30. The SMILES string of the molecule is CCOC(=O)N(Cc1ccc2cc(-c3ccc(C(=O)O)cc3)ccc2c1)C(C(=O)O)C(C)C. The molecule has 7 nitrogen and oxygen atoms in total. The van der Waals surface area contributed by atoms with Crippen LogP contribution >= 0.6 is 0 Å². The van der Waals surface area contributed by atoms with Crippen molar-refractivity contribution >= 4 is 28.8 Å². The monoisotopic (exact) mass is 449 g/mol. The molecule has 33 heavy (non-hydrogen) atoms. The van der Waals surface area contributed by atoms with Crippen LogP contribution < -0.4 is 0 Å². The third kappa shape index (κ3) is 5.49. The van der Waals surface area contributed by atoms with E-state index in [1.165, 1.54) is 4.90 Å².